The van der Waals surface area contributed by atoms with Gasteiger partial charge >= 0.3 is 0 Å². The van der Waals surface area contributed by atoms with E-state index in [1.54, 1.807) is 17.4 Å². The maximum Gasteiger partial charge on any atom is 0.244 e. The maximum atomic E-state index is 13.3. The summed E-state index contributed by atoms with van der Waals surface area (Å²) in [6, 6.07) is 16.1. The smallest absolute Gasteiger partial charge is 0.244 e. The molecule has 0 saturated heterocycles. The lowest BCUT2D eigenvalue weighted by molar-refractivity contribution is -0.118. The molecule has 4 aromatic rings. The molecular weight excluding hydrogens is 357 g/mol. The molecule has 1 atom stereocenters. The molecule has 2 aromatic heterocycles. The van der Waals surface area contributed by atoms with Crippen molar-refractivity contribution in [2.75, 3.05) is 5.32 Å². The Balaban J connectivity index is 1.93. The molecule has 0 saturated carbocycles. The summed E-state index contributed by atoms with van der Waals surface area (Å²) in [5.74, 6) is -0.441. The van der Waals surface area contributed by atoms with Gasteiger partial charge in [0.15, 0.2) is 5.65 Å². The van der Waals surface area contributed by atoms with Gasteiger partial charge in [-0.1, -0.05) is 24.3 Å². The quantitative estimate of drug-likeness (QED) is 0.573. The fourth-order valence-electron chi connectivity index (χ4n) is 3.32. The predicted octanol–water partition coefficient (Wildman–Crippen LogP) is 3.45. The molecule has 3 N–H and O–H groups in total. The molecule has 0 radical (unpaired) electrons. The first-order valence-electron chi connectivity index (χ1n) is 8.62. The summed E-state index contributed by atoms with van der Waals surface area (Å²) in [6.45, 7) is 1.81. The lowest BCUT2D eigenvalue weighted by atomic mass is 10.1. The van der Waals surface area contributed by atoms with Crippen molar-refractivity contribution in [1.29, 1.82) is 5.26 Å². The number of nitrogens with two attached hydrogens (primary N) is 1. The van der Waals surface area contributed by atoms with E-state index in [1.807, 2.05) is 24.3 Å². The van der Waals surface area contributed by atoms with Crippen molar-refractivity contribution in [2.24, 2.45) is 5.73 Å². The number of aryl methyl sites for hydroxylation is 1. The summed E-state index contributed by atoms with van der Waals surface area (Å²) in [6.07, 6.45) is 0. The van der Waals surface area contributed by atoms with Crippen LogP contribution in [0.4, 0.5) is 10.2 Å². The third-order valence-corrected chi connectivity index (χ3v) is 4.66. The number of pyridine rings is 1. The number of aromatic nitrogens is 2. The van der Waals surface area contributed by atoms with Crippen molar-refractivity contribution in [1.82, 2.24) is 9.38 Å². The van der Waals surface area contributed by atoms with Crippen molar-refractivity contribution in [2.45, 2.75) is 13.0 Å². The molecule has 0 aliphatic heterocycles. The van der Waals surface area contributed by atoms with Gasteiger partial charge in [-0.05, 0) is 48.4 Å². The van der Waals surface area contributed by atoms with E-state index in [0.29, 0.717) is 22.6 Å². The van der Waals surface area contributed by atoms with Crippen molar-refractivity contribution < 1.29 is 9.18 Å². The van der Waals surface area contributed by atoms with E-state index in [0.717, 1.165) is 16.6 Å². The van der Waals surface area contributed by atoms with E-state index in [2.05, 4.69) is 16.4 Å². The number of carbonyl (C=O) groups is 1. The third-order valence-electron chi connectivity index (χ3n) is 4.66. The average Bonchev–Trinajstić information content (AvgIpc) is 3.06. The zero-order valence-electron chi connectivity index (χ0n) is 15.0. The maximum absolute atomic E-state index is 13.3. The van der Waals surface area contributed by atoms with Crippen molar-refractivity contribution in [3.8, 4) is 6.07 Å². The van der Waals surface area contributed by atoms with Crippen LogP contribution < -0.4 is 11.1 Å². The molecule has 1 amide bonds. The zero-order chi connectivity index (χ0) is 19.8. The van der Waals surface area contributed by atoms with Gasteiger partial charge in [0.05, 0.1) is 16.6 Å². The van der Waals surface area contributed by atoms with Crippen LogP contribution in [-0.4, -0.2) is 15.3 Å². The van der Waals surface area contributed by atoms with Crippen LogP contribution in [0.15, 0.2) is 54.6 Å². The second-order valence-corrected chi connectivity index (χ2v) is 6.49. The summed E-state index contributed by atoms with van der Waals surface area (Å²) < 4.78 is 15.1. The Hall–Kier alpha value is -3.92. The Morgan fingerprint density at radius 3 is 2.64 bits per heavy atom. The number of hydrogen-bond acceptors (Lipinski definition) is 4. The van der Waals surface area contributed by atoms with E-state index < -0.39 is 17.8 Å². The number of hydrogen-bond donors (Lipinski definition) is 2. The molecule has 6 nitrogen and oxygen atoms in total. The minimum absolute atomic E-state index is 0.399. The largest absolute Gasteiger partial charge is 0.368 e. The van der Waals surface area contributed by atoms with Crippen LogP contribution in [0.5, 0.6) is 0 Å². The van der Waals surface area contributed by atoms with Gasteiger partial charge in [-0.3, -0.25) is 9.20 Å². The number of fused-ring (bicyclic) bond motifs is 3. The molecule has 28 heavy (non-hydrogen) atoms. The van der Waals surface area contributed by atoms with Crippen LogP contribution >= 0.6 is 0 Å². The zero-order valence-corrected chi connectivity index (χ0v) is 15.0. The van der Waals surface area contributed by atoms with Crippen LogP contribution in [0.25, 0.3) is 16.7 Å². The minimum Gasteiger partial charge on any atom is -0.368 e. The van der Waals surface area contributed by atoms with Crippen LogP contribution in [-0.2, 0) is 4.79 Å². The molecular formula is C21H16FN5O. The number of imidazole rings is 1. The molecule has 4 rings (SSSR count). The number of amides is 1. The van der Waals surface area contributed by atoms with Gasteiger partial charge in [-0.15, -0.1) is 0 Å². The predicted molar refractivity (Wildman–Crippen MR) is 104 cm³/mol. The van der Waals surface area contributed by atoms with Crippen molar-refractivity contribution in [3.05, 3.63) is 77.1 Å². The summed E-state index contributed by atoms with van der Waals surface area (Å²) in [4.78, 5) is 16.7. The Morgan fingerprint density at radius 1 is 1.25 bits per heavy atom. The first-order chi connectivity index (χ1) is 13.5. The van der Waals surface area contributed by atoms with Gasteiger partial charge < -0.3 is 11.1 Å². The number of rotatable bonds is 4. The van der Waals surface area contributed by atoms with E-state index >= 15 is 0 Å². The topological polar surface area (TPSA) is 96.2 Å². The Kier molecular flexibility index (Phi) is 4.17. The lowest BCUT2D eigenvalue weighted by Crippen LogP contribution is -2.28. The SMILES string of the molecule is Cc1cc(NC(C(N)=O)c2ccc(F)cc2)n2c(nc3ccccc32)c1C#N. The van der Waals surface area contributed by atoms with Crippen LogP contribution in [0.2, 0.25) is 0 Å². The first kappa shape index (κ1) is 17.5. The average molecular weight is 373 g/mol. The highest BCUT2D eigenvalue weighted by atomic mass is 19.1. The molecule has 138 valence electrons. The van der Waals surface area contributed by atoms with Gasteiger partial charge in [0.1, 0.15) is 23.7 Å². The highest BCUT2D eigenvalue weighted by Gasteiger charge is 2.21. The van der Waals surface area contributed by atoms with E-state index in [1.165, 1.54) is 24.3 Å². The van der Waals surface area contributed by atoms with Gasteiger partial charge in [-0.25, -0.2) is 9.37 Å². The molecule has 0 bridgehead atoms. The van der Waals surface area contributed by atoms with Gasteiger partial charge in [0, 0.05) is 0 Å². The number of carbonyl (C=O) groups excluding carboxylic acids is 1. The Morgan fingerprint density at radius 2 is 1.96 bits per heavy atom. The standard InChI is InChI=1S/C21H16FN5O/c1-12-10-18(26-19(20(24)28)13-6-8-14(22)9-7-13)27-17-5-3-2-4-16(17)25-21(27)15(12)11-23/h2-10,19,26H,1H3,(H2,24,28). The molecule has 0 fully saturated rings. The first-order valence-corrected chi connectivity index (χ1v) is 8.62. The van der Waals surface area contributed by atoms with E-state index in [4.69, 9.17) is 5.73 Å². The van der Waals surface area contributed by atoms with Crippen molar-refractivity contribution in [3.63, 3.8) is 0 Å². The van der Waals surface area contributed by atoms with Crippen LogP contribution in [0.3, 0.4) is 0 Å². The third kappa shape index (κ3) is 2.81. The van der Waals surface area contributed by atoms with Gasteiger partial charge in [0.2, 0.25) is 5.91 Å². The lowest BCUT2D eigenvalue weighted by Gasteiger charge is -2.19. The van der Waals surface area contributed by atoms with Gasteiger partial charge in [0.25, 0.3) is 0 Å². The molecule has 0 aliphatic rings. The Bertz CT molecular complexity index is 1250. The number of para-hydroxylation sites is 2. The van der Waals surface area contributed by atoms with Crippen LogP contribution in [0.1, 0.15) is 22.7 Å². The number of nitrogens with zero attached hydrogens (tertiary/aromatic N) is 3. The number of halogens is 1. The number of anilines is 1. The van der Waals surface area contributed by atoms with Crippen molar-refractivity contribution >= 4 is 28.4 Å². The molecule has 0 spiro atoms. The highest BCUT2D eigenvalue weighted by molar-refractivity contribution is 5.87. The second kappa shape index (κ2) is 6.67. The highest BCUT2D eigenvalue weighted by Crippen LogP contribution is 2.29. The summed E-state index contributed by atoms with van der Waals surface area (Å²) in [5, 5.41) is 12.7. The monoisotopic (exact) mass is 373 g/mol. The number of primary amides is 1. The summed E-state index contributed by atoms with van der Waals surface area (Å²) in [5.41, 5.74) is 9.33. The molecule has 7 heteroatoms. The molecule has 2 heterocycles. The Labute approximate surface area is 160 Å². The number of nitriles is 1. The van der Waals surface area contributed by atoms with Crippen LogP contribution in [0, 0.1) is 24.1 Å². The number of nitrogens with one attached hydrogen (secondary N) is 1. The van der Waals surface area contributed by atoms with E-state index in [-0.39, 0.29) is 0 Å². The fraction of sp³-hybridized carbons (Fsp3) is 0.0952. The summed E-state index contributed by atoms with van der Waals surface area (Å²) in [7, 11) is 0. The molecule has 1 unspecified atom stereocenters. The van der Waals surface area contributed by atoms with Gasteiger partial charge in [-0.2, -0.15) is 5.26 Å². The van der Waals surface area contributed by atoms with E-state index in [9.17, 15) is 14.4 Å². The summed E-state index contributed by atoms with van der Waals surface area (Å²) >= 11 is 0. The molecule has 2 aromatic carbocycles. The molecule has 0 aliphatic carbocycles. The fourth-order valence-corrected chi connectivity index (χ4v) is 3.32. The second-order valence-electron chi connectivity index (χ2n) is 6.49. The normalized spacial score (nSPS) is 12.0. The number of benzene rings is 2. The minimum atomic E-state index is -0.878.